The van der Waals surface area contributed by atoms with Crippen molar-refractivity contribution in [1.82, 2.24) is 4.98 Å². The van der Waals surface area contributed by atoms with Crippen LogP contribution in [0, 0.1) is 0 Å². The predicted octanol–water partition coefficient (Wildman–Crippen LogP) is 2.34. The second kappa shape index (κ2) is 5.30. The topological polar surface area (TPSA) is 36.4 Å². The molecule has 1 N–H and O–H groups in total. The van der Waals surface area contributed by atoms with E-state index in [2.05, 4.69) is 16.8 Å². The molecule has 1 saturated carbocycles. The van der Waals surface area contributed by atoms with E-state index in [1.165, 1.54) is 31.4 Å². The maximum atomic E-state index is 9.33. The zero-order valence-corrected chi connectivity index (χ0v) is 9.89. The van der Waals surface area contributed by atoms with Gasteiger partial charge in [-0.1, -0.05) is 13.3 Å². The van der Waals surface area contributed by atoms with Gasteiger partial charge in [-0.3, -0.25) is 4.98 Å². The van der Waals surface area contributed by atoms with Crippen molar-refractivity contribution in [1.29, 1.82) is 0 Å². The third-order valence-corrected chi connectivity index (χ3v) is 3.10. The zero-order chi connectivity index (χ0) is 11.4. The molecule has 0 aliphatic heterocycles. The summed E-state index contributed by atoms with van der Waals surface area (Å²) in [5.74, 6) is 0. The number of nitrogens with zero attached hydrogens (tertiary/aromatic N) is 2. The first-order valence-corrected chi connectivity index (χ1v) is 6.17. The van der Waals surface area contributed by atoms with E-state index in [1.807, 2.05) is 12.3 Å². The Kier molecular flexibility index (Phi) is 3.78. The second-order valence-electron chi connectivity index (χ2n) is 4.44. The van der Waals surface area contributed by atoms with Gasteiger partial charge < -0.3 is 10.0 Å². The van der Waals surface area contributed by atoms with Crippen LogP contribution in [0.25, 0.3) is 0 Å². The highest BCUT2D eigenvalue weighted by atomic mass is 16.3. The fourth-order valence-electron chi connectivity index (χ4n) is 2.04. The first-order chi connectivity index (χ1) is 7.86. The average molecular weight is 220 g/mol. The third-order valence-electron chi connectivity index (χ3n) is 3.10. The molecule has 0 unspecified atom stereocenters. The van der Waals surface area contributed by atoms with Crippen LogP contribution >= 0.6 is 0 Å². The van der Waals surface area contributed by atoms with Crippen molar-refractivity contribution in [3.05, 3.63) is 24.0 Å². The number of aromatic nitrogens is 1. The van der Waals surface area contributed by atoms with E-state index in [4.69, 9.17) is 0 Å². The standard InChI is InChI=1S/C13H20N2O/c1-2-3-8-15(12-4-5-12)13-6-7-14-9-11(13)10-16/h6-7,9,12,16H,2-5,8,10H2,1H3. The molecule has 3 nitrogen and oxygen atoms in total. The molecule has 16 heavy (non-hydrogen) atoms. The van der Waals surface area contributed by atoms with Gasteiger partial charge in [-0.05, 0) is 25.3 Å². The molecule has 0 amide bonds. The van der Waals surface area contributed by atoms with Gasteiger partial charge in [0.2, 0.25) is 0 Å². The maximum Gasteiger partial charge on any atom is 0.0717 e. The molecule has 0 radical (unpaired) electrons. The molecule has 0 saturated heterocycles. The summed E-state index contributed by atoms with van der Waals surface area (Å²) in [6.07, 6.45) is 8.59. The van der Waals surface area contributed by atoms with E-state index in [-0.39, 0.29) is 6.61 Å². The molecule has 3 heteroatoms. The Bertz CT molecular complexity index is 336. The monoisotopic (exact) mass is 220 g/mol. The van der Waals surface area contributed by atoms with E-state index in [1.54, 1.807) is 6.20 Å². The van der Waals surface area contributed by atoms with Gasteiger partial charge in [-0.25, -0.2) is 0 Å². The molecule has 0 spiro atoms. The van der Waals surface area contributed by atoms with Crippen LogP contribution in [0.3, 0.4) is 0 Å². The summed E-state index contributed by atoms with van der Waals surface area (Å²) in [6, 6.07) is 2.72. The summed E-state index contributed by atoms with van der Waals surface area (Å²) < 4.78 is 0. The van der Waals surface area contributed by atoms with E-state index in [0.717, 1.165) is 12.1 Å². The van der Waals surface area contributed by atoms with Crippen molar-refractivity contribution < 1.29 is 5.11 Å². The first kappa shape index (κ1) is 11.4. The van der Waals surface area contributed by atoms with Crippen LogP contribution in [0.1, 0.15) is 38.2 Å². The minimum absolute atomic E-state index is 0.0819. The quantitative estimate of drug-likeness (QED) is 0.799. The Labute approximate surface area is 97.1 Å². The van der Waals surface area contributed by atoms with Crippen LogP contribution in [0.5, 0.6) is 0 Å². The molecule has 0 atom stereocenters. The number of hydrogen-bond acceptors (Lipinski definition) is 3. The van der Waals surface area contributed by atoms with E-state index >= 15 is 0 Å². The molecule has 2 rings (SSSR count). The van der Waals surface area contributed by atoms with Crippen LogP contribution in [0.4, 0.5) is 5.69 Å². The van der Waals surface area contributed by atoms with Crippen molar-refractivity contribution in [3.63, 3.8) is 0 Å². The number of pyridine rings is 1. The van der Waals surface area contributed by atoms with Crippen molar-refractivity contribution in [3.8, 4) is 0 Å². The van der Waals surface area contributed by atoms with Crippen molar-refractivity contribution >= 4 is 5.69 Å². The largest absolute Gasteiger partial charge is 0.392 e. The Hall–Kier alpha value is -1.09. The van der Waals surface area contributed by atoms with Gasteiger partial charge in [-0.15, -0.1) is 0 Å². The van der Waals surface area contributed by atoms with Crippen LogP contribution in [-0.4, -0.2) is 22.7 Å². The molecule has 1 aliphatic carbocycles. The lowest BCUT2D eigenvalue weighted by Gasteiger charge is -2.26. The summed E-state index contributed by atoms with van der Waals surface area (Å²) in [7, 11) is 0. The number of hydrogen-bond donors (Lipinski definition) is 1. The summed E-state index contributed by atoms with van der Waals surface area (Å²) in [4.78, 5) is 6.51. The summed E-state index contributed by atoms with van der Waals surface area (Å²) in [5.41, 5.74) is 2.12. The van der Waals surface area contributed by atoms with E-state index in [9.17, 15) is 5.11 Å². The van der Waals surface area contributed by atoms with Gasteiger partial charge in [0.15, 0.2) is 0 Å². The summed E-state index contributed by atoms with van der Waals surface area (Å²) in [5, 5.41) is 9.33. The fraction of sp³-hybridized carbons (Fsp3) is 0.615. The zero-order valence-electron chi connectivity index (χ0n) is 9.89. The number of unbranched alkanes of at least 4 members (excludes halogenated alkanes) is 1. The Balaban J connectivity index is 2.16. The molecular weight excluding hydrogens is 200 g/mol. The van der Waals surface area contributed by atoms with Crippen molar-refractivity contribution in [2.75, 3.05) is 11.4 Å². The summed E-state index contributed by atoms with van der Waals surface area (Å²) >= 11 is 0. The number of aliphatic hydroxyl groups excluding tert-OH is 1. The molecule has 1 heterocycles. The Morgan fingerprint density at radius 3 is 2.94 bits per heavy atom. The van der Waals surface area contributed by atoms with Gasteiger partial charge >= 0.3 is 0 Å². The van der Waals surface area contributed by atoms with E-state index in [0.29, 0.717) is 6.04 Å². The smallest absolute Gasteiger partial charge is 0.0717 e. The molecule has 1 fully saturated rings. The third kappa shape index (κ3) is 2.53. The predicted molar refractivity (Wildman–Crippen MR) is 65.4 cm³/mol. The molecule has 1 aromatic rings. The molecule has 1 aliphatic rings. The lowest BCUT2D eigenvalue weighted by molar-refractivity contribution is 0.281. The number of aliphatic hydroxyl groups is 1. The van der Waals surface area contributed by atoms with Crippen LogP contribution in [-0.2, 0) is 6.61 Å². The van der Waals surface area contributed by atoms with E-state index < -0.39 is 0 Å². The number of anilines is 1. The average Bonchev–Trinajstić information content (AvgIpc) is 3.14. The van der Waals surface area contributed by atoms with Gasteiger partial charge in [0.1, 0.15) is 0 Å². The van der Waals surface area contributed by atoms with Gasteiger partial charge in [0.05, 0.1) is 6.61 Å². The lowest BCUT2D eigenvalue weighted by atomic mass is 10.2. The SMILES string of the molecule is CCCCN(c1ccncc1CO)C1CC1. The summed E-state index contributed by atoms with van der Waals surface area (Å²) in [6.45, 7) is 3.39. The van der Waals surface area contributed by atoms with Crippen LogP contribution < -0.4 is 4.90 Å². The fourth-order valence-corrected chi connectivity index (χ4v) is 2.04. The van der Waals surface area contributed by atoms with Gasteiger partial charge in [0, 0.05) is 36.2 Å². The highest BCUT2D eigenvalue weighted by molar-refractivity contribution is 5.53. The van der Waals surface area contributed by atoms with Crippen LogP contribution in [0.2, 0.25) is 0 Å². The molecule has 1 aromatic heterocycles. The molecular formula is C13H20N2O. The minimum atomic E-state index is 0.0819. The first-order valence-electron chi connectivity index (χ1n) is 6.17. The molecule has 88 valence electrons. The minimum Gasteiger partial charge on any atom is -0.392 e. The highest BCUT2D eigenvalue weighted by Crippen LogP contribution is 2.33. The Morgan fingerprint density at radius 2 is 2.31 bits per heavy atom. The van der Waals surface area contributed by atoms with Crippen molar-refractivity contribution in [2.45, 2.75) is 45.3 Å². The lowest BCUT2D eigenvalue weighted by Crippen LogP contribution is -2.27. The van der Waals surface area contributed by atoms with Crippen molar-refractivity contribution in [2.24, 2.45) is 0 Å². The maximum absolute atomic E-state index is 9.33. The second-order valence-corrected chi connectivity index (χ2v) is 4.44. The molecule has 0 aromatic carbocycles. The number of rotatable bonds is 6. The highest BCUT2D eigenvalue weighted by Gasteiger charge is 2.29. The Morgan fingerprint density at radius 1 is 1.50 bits per heavy atom. The van der Waals surface area contributed by atoms with Crippen LogP contribution in [0.15, 0.2) is 18.5 Å². The van der Waals surface area contributed by atoms with Gasteiger partial charge in [0.25, 0.3) is 0 Å². The van der Waals surface area contributed by atoms with Gasteiger partial charge in [-0.2, -0.15) is 0 Å². The molecule has 0 bridgehead atoms. The normalized spacial score (nSPS) is 15.1.